The lowest BCUT2D eigenvalue weighted by molar-refractivity contribution is -0.135. The van der Waals surface area contributed by atoms with Crippen LogP contribution < -0.4 is 10.1 Å². The molecule has 1 atom stereocenters. The molecule has 2 saturated heterocycles. The van der Waals surface area contributed by atoms with Crippen molar-refractivity contribution >= 4 is 24.2 Å². The number of nitrogens with one attached hydrogen (secondary N) is 1. The van der Waals surface area contributed by atoms with Gasteiger partial charge in [-0.2, -0.15) is 0 Å². The summed E-state index contributed by atoms with van der Waals surface area (Å²) in [5.74, 6) is 1.30. The molecule has 6 nitrogen and oxygen atoms in total. The van der Waals surface area contributed by atoms with E-state index in [1.807, 2.05) is 9.80 Å². The average molecular weight is 394 g/mol. The molecule has 2 amide bonds. The van der Waals surface area contributed by atoms with Gasteiger partial charge >= 0.3 is 0 Å². The highest BCUT2D eigenvalue weighted by molar-refractivity contribution is 5.94. The molecule has 3 aliphatic rings. The third-order valence-corrected chi connectivity index (χ3v) is 6.30. The maximum Gasteiger partial charge on any atom is 0.253 e. The number of amides is 2. The molecule has 1 spiro atoms. The summed E-state index contributed by atoms with van der Waals surface area (Å²) in [6.45, 7) is 4.58. The van der Waals surface area contributed by atoms with E-state index in [9.17, 15) is 9.59 Å². The van der Waals surface area contributed by atoms with Crippen LogP contribution >= 0.6 is 12.4 Å². The number of piperazine rings is 1. The molecule has 1 aromatic carbocycles. The number of carbonyl (C=O) groups is 2. The number of piperidine rings is 1. The number of nitrogens with zero attached hydrogens (tertiary/aromatic N) is 2. The van der Waals surface area contributed by atoms with E-state index in [2.05, 4.69) is 5.32 Å². The first-order valence-electron chi connectivity index (χ1n) is 9.56. The summed E-state index contributed by atoms with van der Waals surface area (Å²) in [6, 6.07) is 7.20. The van der Waals surface area contributed by atoms with Crippen LogP contribution in [0.3, 0.4) is 0 Å². The van der Waals surface area contributed by atoms with Crippen LogP contribution in [0.2, 0.25) is 0 Å². The van der Waals surface area contributed by atoms with Crippen LogP contribution in [0, 0.1) is 11.3 Å². The molecule has 3 fully saturated rings. The predicted octanol–water partition coefficient (Wildman–Crippen LogP) is 1.79. The fraction of sp³-hybridized carbons (Fsp3) is 0.600. The zero-order valence-electron chi connectivity index (χ0n) is 15.8. The monoisotopic (exact) mass is 393 g/mol. The molecule has 1 saturated carbocycles. The third-order valence-electron chi connectivity index (χ3n) is 6.30. The zero-order valence-corrected chi connectivity index (χ0v) is 16.6. The average Bonchev–Trinajstić information content (AvgIpc) is 3.40. The van der Waals surface area contributed by atoms with Crippen LogP contribution in [-0.2, 0) is 4.79 Å². The minimum absolute atomic E-state index is 0. The molecule has 4 rings (SSSR count). The Labute approximate surface area is 166 Å². The number of halogens is 1. The van der Waals surface area contributed by atoms with Crippen molar-refractivity contribution in [3.63, 3.8) is 0 Å². The second-order valence-corrected chi connectivity index (χ2v) is 7.72. The standard InChI is InChI=1S/C20H27N3O3.ClH/c1-26-16-4-2-15(3-5-16)18(24)22-10-12-23(13-11-22)19(25)17-14-20(17)6-8-21-9-7-20;/h2-5,17,21H,6-14H2,1H3;1H. The van der Waals surface area contributed by atoms with E-state index in [-0.39, 0.29) is 29.6 Å². The first-order chi connectivity index (χ1) is 12.6. The molecule has 2 aliphatic heterocycles. The van der Waals surface area contributed by atoms with Crippen molar-refractivity contribution in [1.29, 1.82) is 0 Å². The number of rotatable bonds is 3. The van der Waals surface area contributed by atoms with E-state index < -0.39 is 0 Å². The van der Waals surface area contributed by atoms with Crippen molar-refractivity contribution in [1.82, 2.24) is 15.1 Å². The molecule has 1 aliphatic carbocycles. The Morgan fingerprint density at radius 1 is 1.04 bits per heavy atom. The lowest BCUT2D eigenvalue weighted by atomic mass is 9.91. The Balaban J connectivity index is 0.00000210. The largest absolute Gasteiger partial charge is 0.497 e. The molecule has 148 valence electrons. The molecule has 1 aromatic rings. The van der Waals surface area contributed by atoms with Gasteiger partial charge in [0.1, 0.15) is 5.75 Å². The molecule has 0 aromatic heterocycles. The van der Waals surface area contributed by atoms with E-state index in [0.29, 0.717) is 37.6 Å². The maximum atomic E-state index is 12.8. The summed E-state index contributed by atoms with van der Waals surface area (Å²) in [6.07, 6.45) is 3.30. The van der Waals surface area contributed by atoms with E-state index >= 15 is 0 Å². The number of hydrogen-bond donors (Lipinski definition) is 1. The van der Waals surface area contributed by atoms with Crippen molar-refractivity contribution in [3.8, 4) is 5.75 Å². The van der Waals surface area contributed by atoms with Crippen LogP contribution in [0.15, 0.2) is 24.3 Å². The summed E-state index contributed by atoms with van der Waals surface area (Å²) >= 11 is 0. The van der Waals surface area contributed by atoms with Gasteiger partial charge in [0.05, 0.1) is 7.11 Å². The van der Waals surface area contributed by atoms with Crippen LogP contribution in [0.4, 0.5) is 0 Å². The smallest absolute Gasteiger partial charge is 0.253 e. The second-order valence-electron chi connectivity index (χ2n) is 7.72. The number of carbonyl (C=O) groups excluding carboxylic acids is 2. The highest BCUT2D eigenvalue weighted by atomic mass is 35.5. The topological polar surface area (TPSA) is 61.9 Å². The Morgan fingerprint density at radius 2 is 1.63 bits per heavy atom. The highest BCUT2D eigenvalue weighted by Crippen LogP contribution is 2.59. The quantitative estimate of drug-likeness (QED) is 0.850. The van der Waals surface area contributed by atoms with Gasteiger partial charge in [-0.15, -0.1) is 12.4 Å². The van der Waals surface area contributed by atoms with Crippen molar-refractivity contribution in [2.75, 3.05) is 46.4 Å². The van der Waals surface area contributed by atoms with Gasteiger partial charge in [0.25, 0.3) is 5.91 Å². The first kappa shape index (κ1) is 20.0. The number of ether oxygens (including phenoxy) is 1. The van der Waals surface area contributed by atoms with Gasteiger partial charge in [0.2, 0.25) is 5.91 Å². The highest BCUT2D eigenvalue weighted by Gasteiger charge is 2.58. The molecule has 7 heteroatoms. The Kier molecular flexibility index (Phi) is 5.96. The summed E-state index contributed by atoms with van der Waals surface area (Å²) in [4.78, 5) is 29.3. The second kappa shape index (κ2) is 8.07. The fourth-order valence-corrected chi connectivity index (χ4v) is 4.44. The lowest BCUT2D eigenvalue weighted by Gasteiger charge is -2.35. The van der Waals surface area contributed by atoms with Gasteiger partial charge in [-0.05, 0) is 62.0 Å². The van der Waals surface area contributed by atoms with Gasteiger partial charge in [0.15, 0.2) is 0 Å². The van der Waals surface area contributed by atoms with E-state index in [1.165, 1.54) is 0 Å². The normalized spacial score (nSPS) is 23.5. The summed E-state index contributed by atoms with van der Waals surface area (Å²) in [5, 5.41) is 3.38. The molecular formula is C20H28ClN3O3. The first-order valence-corrected chi connectivity index (χ1v) is 9.56. The number of hydrogen-bond acceptors (Lipinski definition) is 4. The molecule has 0 bridgehead atoms. The third kappa shape index (κ3) is 3.92. The molecule has 0 radical (unpaired) electrons. The summed E-state index contributed by atoms with van der Waals surface area (Å²) < 4.78 is 5.14. The molecule has 2 heterocycles. The molecule has 27 heavy (non-hydrogen) atoms. The van der Waals surface area contributed by atoms with E-state index in [4.69, 9.17) is 4.74 Å². The minimum atomic E-state index is 0. The van der Waals surface area contributed by atoms with Crippen LogP contribution in [0.5, 0.6) is 5.75 Å². The van der Waals surface area contributed by atoms with Gasteiger partial charge in [-0.1, -0.05) is 0 Å². The molecule has 1 unspecified atom stereocenters. The van der Waals surface area contributed by atoms with Crippen LogP contribution in [0.25, 0.3) is 0 Å². The number of methoxy groups -OCH3 is 1. The molecular weight excluding hydrogens is 366 g/mol. The van der Waals surface area contributed by atoms with Crippen molar-refractivity contribution in [2.24, 2.45) is 11.3 Å². The van der Waals surface area contributed by atoms with Gasteiger partial charge in [-0.3, -0.25) is 9.59 Å². The van der Waals surface area contributed by atoms with Crippen molar-refractivity contribution < 1.29 is 14.3 Å². The number of benzene rings is 1. The Morgan fingerprint density at radius 3 is 2.22 bits per heavy atom. The summed E-state index contributed by atoms with van der Waals surface area (Å²) in [5.41, 5.74) is 0.944. The SMILES string of the molecule is COc1ccc(C(=O)N2CCN(C(=O)C3CC34CCNCC4)CC2)cc1.Cl. The van der Waals surface area contributed by atoms with E-state index in [1.54, 1.807) is 31.4 Å². The Bertz CT molecular complexity index is 680. The van der Waals surface area contributed by atoms with Gasteiger partial charge < -0.3 is 19.9 Å². The molecule has 1 N–H and O–H groups in total. The van der Waals surface area contributed by atoms with Crippen molar-refractivity contribution in [3.05, 3.63) is 29.8 Å². The predicted molar refractivity (Wildman–Crippen MR) is 105 cm³/mol. The van der Waals surface area contributed by atoms with Crippen molar-refractivity contribution in [2.45, 2.75) is 19.3 Å². The van der Waals surface area contributed by atoms with Gasteiger partial charge in [0, 0.05) is 37.7 Å². The van der Waals surface area contributed by atoms with Crippen LogP contribution in [0.1, 0.15) is 29.6 Å². The summed E-state index contributed by atoms with van der Waals surface area (Å²) in [7, 11) is 1.61. The van der Waals surface area contributed by atoms with Gasteiger partial charge in [-0.25, -0.2) is 0 Å². The fourth-order valence-electron chi connectivity index (χ4n) is 4.44. The minimum Gasteiger partial charge on any atom is -0.497 e. The van der Waals surface area contributed by atoms with E-state index in [0.717, 1.165) is 38.1 Å². The van der Waals surface area contributed by atoms with Crippen LogP contribution in [-0.4, -0.2) is 68.0 Å². The zero-order chi connectivity index (χ0) is 18.1. The Hall–Kier alpha value is -1.79. The lowest BCUT2D eigenvalue weighted by Crippen LogP contribution is -2.51. The maximum absolute atomic E-state index is 12.8.